The van der Waals surface area contributed by atoms with Crippen molar-refractivity contribution in [2.24, 2.45) is 4.52 Å². The molecule has 0 heterocycles. The van der Waals surface area contributed by atoms with Gasteiger partial charge in [-0.25, -0.2) is 8.42 Å². The van der Waals surface area contributed by atoms with Gasteiger partial charge in [0.1, 0.15) is 0 Å². The highest BCUT2D eigenvalue weighted by molar-refractivity contribution is 7.90. The largest absolute Gasteiger partial charge is 0.264 e. The van der Waals surface area contributed by atoms with E-state index in [1.807, 2.05) is 33.8 Å². The van der Waals surface area contributed by atoms with Crippen molar-refractivity contribution in [3.05, 3.63) is 39.3 Å². The Balaban J connectivity index is 3.79. The molecule has 0 bridgehead atoms. The first kappa shape index (κ1) is 17.5. The Hall–Kier alpha value is -1.52. The number of hydrogen-bond acceptors (Lipinski definition) is 2. The smallest absolute Gasteiger partial charge is 0.216 e. The Morgan fingerprint density at radius 2 is 1.33 bits per heavy atom. The van der Waals surface area contributed by atoms with Gasteiger partial charge in [0, 0.05) is 9.43 Å². The second-order valence-corrected chi connectivity index (χ2v) is 7.68. The van der Waals surface area contributed by atoms with Gasteiger partial charge >= 0.3 is 0 Å². The Morgan fingerprint density at radius 3 is 1.71 bits per heavy atom. The monoisotopic (exact) mass is 309 g/mol. The average Bonchev–Trinajstić information content (AvgIpc) is 2.36. The van der Waals surface area contributed by atoms with Gasteiger partial charge in [-0.15, -0.1) is 0 Å². The molecule has 0 N–H and O–H groups in total. The molecule has 0 spiro atoms. The van der Waals surface area contributed by atoms with E-state index < -0.39 is 10.0 Å². The van der Waals surface area contributed by atoms with E-state index in [1.54, 1.807) is 6.07 Å². The van der Waals surface area contributed by atoms with Crippen molar-refractivity contribution >= 4 is 10.0 Å². The van der Waals surface area contributed by atoms with Gasteiger partial charge in [-0.2, -0.15) is 0 Å². The van der Waals surface area contributed by atoms with Crippen molar-refractivity contribution in [3.63, 3.8) is 0 Å². The van der Waals surface area contributed by atoms with E-state index in [4.69, 9.17) is 5.53 Å². The van der Waals surface area contributed by atoms with E-state index in [0.717, 1.165) is 11.1 Å². The molecule has 116 valence electrons. The van der Waals surface area contributed by atoms with Crippen LogP contribution >= 0.6 is 0 Å². The summed E-state index contributed by atoms with van der Waals surface area (Å²) in [6.45, 7) is 12.1. The quantitative estimate of drug-likeness (QED) is 0.433. The van der Waals surface area contributed by atoms with Gasteiger partial charge in [0.25, 0.3) is 10.0 Å². The molecule has 0 aliphatic carbocycles. The van der Waals surface area contributed by atoms with Crippen LogP contribution < -0.4 is 0 Å². The van der Waals surface area contributed by atoms with E-state index in [9.17, 15) is 8.42 Å². The Labute approximate surface area is 127 Å². The minimum absolute atomic E-state index is 0.0300. The number of sulfonamides is 1. The topological polar surface area (TPSA) is 82.9 Å². The van der Waals surface area contributed by atoms with Crippen LogP contribution in [-0.2, 0) is 10.0 Å². The predicted octanol–water partition coefficient (Wildman–Crippen LogP) is 5.06. The highest BCUT2D eigenvalue weighted by atomic mass is 32.2. The number of nitrogens with zero attached hydrogens (tertiary/aromatic N) is 3. The van der Waals surface area contributed by atoms with E-state index >= 15 is 0 Å². The fraction of sp³-hybridized carbons (Fsp3) is 0.600. The molecular weight excluding hydrogens is 286 g/mol. The maximum absolute atomic E-state index is 12.2. The van der Waals surface area contributed by atoms with Crippen LogP contribution in [0.4, 0.5) is 0 Å². The fourth-order valence-corrected chi connectivity index (χ4v) is 3.45. The van der Waals surface area contributed by atoms with Crippen molar-refractivity contribution in [1.29, 1.82) is 0 Å². The molecule has 0 unspecified atom stereocenters. The molecule has 1 rings (SSSR count). The Morgan fingerprint density at radius 1 is 0.905 bits per heavy atom. The first-order valence-corrected chi connectivity index (χ1v) is 8.54. The minimum Gasteiger partial charge on any atom is -0.216 e. The predicted molar refractivity (Wildman–Crippen MR) is 85.0 cm³/mol. The lowest BCUT2D eigenvalue weighted by Crippen LogP contribution is -2.08. The highest BCUT2D eigenvalue weighted by Crippen LogP contribution is 2.34. The molecule has 21 heavy (non-hydrogen) atoms. The van der Waals surface area contributed by atoms with Crippen LogP contribution in [0.2, 0.25) is 0 Å². The van der Waals surface area contributed by atoms with Crippen molar-refractivity contribution in [2.75, 3.05) is 0 Å². The molecule has 0 amide bonds. The molecule has 0 saturated heterocycles. The van der Waals surface area contributed by atoms with Gasteiger partial charge in [0.2, 0.25) is 0 Å². The molecule has 0 radical (unpaired) electrons. The zero-order chi connectivity index (χ0) is 16.4. The molecule has 0 aromatic heterocycles. The first-order chi connectivity index (χ1) is 9.61. The van der Waals surface area contributed by atoms with Gasteiger partial charge in [0.05, 0.1) is 4.90 Å². The van der Waals surface area contributed by atoms with Crippen LogP contribution in [0.3, 0.4) is 0 Å². The van der Waals surface area contributed by atoms with Crippen molar-refractivity contribution in [3.8, 4) is 0 Å². The second-order valence-electron chi connectivity index (χ2n) is 6.13. The zero-order valence-electron chi connectivity index (χ0n) is 13.5. The van der Waals surface area contributed by atoms with Crippen molar-refractivity contribution in [1.82, 2.24) is 0 Å². The summed E-state index contributed by atoms with van der Waals surface area (Å²) in [6.07, 6.45) is 0. The fourth-order valence-electron chi connectivity index (χ4n) is 2.40. The molecule has 0 aliphatic rings. The van der Waals surface area contributed by atoms with Gasteiger partial charge in [0.15, 0.2) is 0 Å². The van der Waals surface area contributed by atoms with Crippen LogP contribution in [0, 0.1) is 0 Å². The number of azide groups is 1. The third kappa shape index (κ3) is 3.77. The third-order valence-electron chi connectivity index (χ3n) is 3.50. The first-order valence-electron chi connectivity index (χ1n) is 7.10. The normalized spacial score (nSPS) is 12.0. The summed E-state index contributed by atoms with van der Waals surface area (Å²) in [6, 6.07) is 3.63. The second kappa shape index (κ2) is 6.50. The molecule has 6 heteroatoms. The Bertz CT molecular complexity index is 670. The number of benzene rings is 1. The summed E-state index contributed by atoms with van der Waals surface area (Å²) in [4.78, 5) is 2.58. The van der Waals surface area contributed by atoms with E-state index in [2.05, 4.69) is 23.3 Å². The summed E-state index contributed by atoms with van der Waals surface area (Å²) >= 11 is 0. The molecule has 0 fully saturated rings. The summed E-state index contributed by atoms with van der Waals surface area (Å²) in [7, 11) is -3.98. The van der Waals surface area contributed by atoms with E-state index in [0.29, 0.717) is 11.5 Å². The summed E-state index contributed by atoms with van der Waals surface area (Å²) in [5, 5.41) is 0. The maximum Gasteiger partial charge on any atom is 0.264 e. The standard InChI is InChI=1S/C15H23N3O2S/c1-9(2)12-7-14(11(5)6)15(8-13(12)10(3)4)21(19,20)18-17-16/h7-11H,1-6H3. The van der Waals surface area contributed by atoms with Crippen molar-refractivity contribution < 1.29 is 8.42 Å². The van der Waals surface area contributed by atoms with Crippen LogP contribution in [0.1, 0.15) is 76.0 Å². The Kier molecular flexibility index (Phi) is 5.42. The molecule has 1 aromatic rings. The molecule has 0 aliphatic heterocycles. The molecule has 5 nitrogen and oxygen atoms in total. The van der Waals surface area contributed by atoms with Crippen LogP contribution in [0.15, 0.2) is 21.5 Å². The summed E-state index contributed by atoms with van der Waals surface area (Å²) in [5.74, 6) is 0.530. The zero-order valence-corrected chi connectivity index (χ0v) is 14.3. The lowest BCUT2D eigenvalue weighted by atomic mass is 9.87. The summed E-state index contributed by atoms with van der Waals surface area (Å²) < 4.78 is 27.4. The van der Waals surface area contributed by atoms with Gasteiger partial charge in [-0.1, -0.05) is 47.6 Å². The lowest BCUT2D eigenvalue weighted by molar-refractivity contribution is 0.594. The van der Waals surface area contributed by atoms with Crippen LogP contribution in [-0.4, -0.2) is 8.42 Å². The van der Waals surface area contributed by atoms with Gasteiger partial charge < -0.3 is 0 Å². The lowest BCUT2D eigenvalue weighted by Gasteiger charge is -2.21. The van der Waals surface area contributed by atoms with Crippen LogP contribution in [0.25, 0.3) is 10.4 Å². The van der Waals surface area contributed by atoms with E-state index in [-0.39, 0.29) is 16.7 Å². The van der Waals surface area contributed by atoms with Gasteiger partial charge in [-0.3, -0.25) is 0 Å². The summed E-state index contributed by atoms with van der Waals surface area (Å²) in [5.41, 5.74) is 11.3. The molecule has 0 atom stereocenters. The molecule has 1 aromatic carbocycles. The van der Waals surface area contributed by atoms with Gasteiger partial charge in [-0.05, 0) is 46.0 Å². The SMILES string of the molecule is CC(C)c1cc(C(C)C)c(S(=O)(=O)N=[N+]=[N-])cc1C(C)C. The molecular formula is C15H23N3O2S. The average molecular weight is 309 g/mol. The number of rotatable bonds is 5. The highest BCUT2D eigenvalue weighted by Gasteiger charge is 2.23. The molecule has 0 saturated carbocycles. The van der Waals surface area contributed by atoms with E-state index in [1.165, 1.54) is 0 Å². The number of hydrogen-bond donors (Lipinski definition) is 0. The maximum atomic E-state index is 12.2. The van der Waals surface area contributed by atoms with Crippen molar-refractivity contribution in [2.45, 2.75) is 64.2 Å². The third-order valence-corrected chi connectivity index (χ3v) is 4.70. The van der Waals surface area contributed by atoms with Crippen LogP contribution in [0.5, 0.6) is 0 Å². The minimum atomic E-state index is -3.98.